The molecule has 0 saturated heterocycles. The van der Waals surface area contributed by atoms with Crippen molar-refractivity contribution in [3.8, 4) is 11.4 Å². The monoisotopic (exact) mass is 391 g/mol. The van der Waals surface area contributed by atoms with Gasteiger partial charge in [0.1, 0.15) is 5.82 Å². The Labute approximate surface area is 160 Å². The predicted molar refractivity (Wildman–Crippen MR) is 96.8 cm³/mol. The third-order valence-electron chi connectivity index (χ3n) is 4.66. The number of carbonyl (C=O) groups excluding carboxylic acids is 1. The summed E-state index contributed by atoms with van der Waals surface area (Å²) in [5.41, 5.74) is 0.488. The topological polar surface area (TPSA) is 121 Å². The number of aromatic nitrogens is 2. The first-order valence-electron chi connectivity index (χ1n) is 9.03. The van der Waals surface area contributed by atoms with Crippen molar-refractivity contribution in [3.63, 3.8) is 0 Å². The van der Waals surface area contributed by atoms with Gasteiger partial charge in [-0.3, -0.25) is 9.69 Å². The Bertz CT molecular complexity index is 837. The van der Waals surface area contributed by atoms with Crippen LogP contribution in [-0.4, -0.2) is 57.3 Å². The highest BCUT2D eigenvalue weighted by atomic mass is 19.1. The fourth-order valence-electron chi connectivity index (χ4n) is 3.14. The number of rotatable bonds is 8. The van der Waals surface area contributed by atoms with Crippen LogP contribution in [0.5, 0.6) is 0 Å². The molecule has 0 spiro atoms. The van der Waals surface area contributed by atoms with E-state index in [-0.39, 0.29) is 42.9 Å². The zero-order chi connectivity index (χ0) is 20.1. The number of hydrogen-bond donors (Lipinski definition) is 3. The first-order chi connectivity index (χ1) is 13.4. The van der Waals surface area contributed by atoms with Gasteiger partial charge >= 0.3 is 12.0 Å². The summed E-state index contributed by atoms with van der Waals surface area (Å²) < 4.78 is 18.3. The highest BCUT2D eigenvalue weighted by molar-refractivity contribution is 5.74. The zero-order valence-electron chi connectivity index (χ0n) is 15.4. The predicted octanol–water partition coefficient (Wildman–Crippen LogP) is 1.61. The third kappa shape index (κ3) is 5.03. The second-order valence-corrected chi connectivity index (χ2v) is 6.63. The molecule has 0 aliphatic heterocycles. The first kappa shape index (κ1) is 19.7. The molecule has 0 atom stereocenters. The van der Waals surface area contributed by atoms with Crippen molar-refractivity contribution in [3.05, 3.63) is 36.0 Å². The number of halogens is 1. The molecule has 1 aromatic heterocycles. The van der Waals surface area contributed by atoms with Gasteiger partial charge in [-0.15, -0.1) is 0 Å². The smallest absolute Gasteiger partial charge is 0.317 e. The van der Waals surface area contributed by atoms with E-state index in [1.807, 2.05) is 11.8 Å². The third-order valence-corrected chi connectivity index (χ3v) is 4.66. The van der Waals surface area contributed by atoms with Crippen LogP contribution in [0.2, 0.25) is 0 Å². The Morgan fingerprint density at radius 2 is 2.18 bits per heavy atom. The number of amides is 2. The van der Waals surface area contributed by atoms with Crippen LogP contribution in [0.4, 0.5) is 9.18 Å². The van der Waals surface area contributed by atoms with Gasteiger partial charge in [0.2, 0.25) is 11.7 Å². The number of benzene rings is 1. The van der Waals surface area contributed by atoms with Crippen LogP contribution in [0, 0.1) is 5.82 Å². The van der Waals surface area contributed by atoms with E-state index in [0.717, 1.165) is 0 Å². The molecule has 9 nitrogen and oxygen atoms in total. The molecule has 1 aliphatic rings. The van der Waals surface area contributed by atoms with Gasteiger partial charge in [-0.2, -0.15) is 4.98 Å². The van der Waals surface area contributed by atoms with E-state index < -0.39 is 11.8 Å². The van der Waals surface area contributed by atoms with Crippen LogP contribution in [0.25, 0.3) is 11.4 Å². The van der Waals surface area contributed by atoms with Crippen molar-refractivity contribution >= 4 is 12.0 Å². The Morgan fingerprint density at radius 1 is 1.39 bits per heavy atom. The molecule has 0 radical (unpaired) electrons. The summed E-state index contributed by atoms with van der Waals surface area (Å²) in [6.45, 7) is 2.62. The second kappa shape index (κ2) is 8.79. The normalized spacial score (nSPS) is 18.5. The number of carboxylic acid groups (broad SMARTS) is 1. The van der Waals surface area contributed by atoms with Gasteiger partial charge in [-0.25, -0.2) is 9.18 Å². The first-order valence-corrected chi connectivity index (χ1v) is 9.03. The molecule has 150 valence electrons. The largest absolute Gasteiger partial charge is 0.480 e. The minimum atomic E-state index is -0.854. The van der Waals surface area contributed by atoms with E-state index in [1.165, 1.54) is 12.1 Å². The Balaban J connectivity index is 1.42. The van der Waals surface area contributed by atoms with E-state index in [4.69, 9.17) is 9.63 Å². The molecule has 1 saturated carbocycles. The number of aliphatic carboxylic acids is 1. The van der Waals surface area contributed by atoms with Gasteiger partial charge < -0.3 is 20.3 Å². The molecular formula is C18H22FN5O4. The lowest BCUT2D eigenvalue weighted by Crippen LogP contribution is -2.56. The summed E-state index contributed by atoms with van der Waals surface area (Å²) in [4.78, 5) is 28.8. The van der Waals surface area contributed by atoms with E-state index >= 15 is 0 Å². The number of nitrogens with one attached hydrogen (secondary N) is 2. The van der Waals surface area contributed by atoms with Gasteiger partial charge in [-0.05, 0) is 31.5 Å². The van der Waals surface area contributed by atoms with Crippen LogP contribution in [0.1, 0.15) is 25.7 Å². The van der Waals surface area contributed by atoms with Crippen molar-refractivity contribution in [2.45, 2.75) is 38.4 Å². The van der Waals surface area contributed by atoms with Crippen LogP contribution >= 0.6 is 0 Å². The fourth-order valence-corrected chi connectivity index (χ4v) is 3.14. The highest BCUT2D eigenvalue weighted by Crippen LogP contribution is 2.25. The second-order valence-electron chi connectivity index (χ2n) is 6.63. The van der Waals surface area contributed by atoms with Gasteiger partial charge in [-0.1, -0.05) is 24.2 Å². The molecule has 3 rings (SSSR count). The molecule has 10 heteroatoms. The van der Waals surface area contributed by atoms with Crippen LogP contribution in [-0.2, 0) is 11.3 Å². The van der Waals surface area contributed by atoms with E-state index in [2.05, 4.69) is 20.8 Å². The van der Waals surface area contributed by atoms with Crippen LogP contribution in [0.15, 0.2) is 28.8 Å². The van der Waals surface area contributed by atoms with E-state index in [0.29, 0.717) is 24.9 Å². The number of nitrogens with zero attached hydrogens (tertiary/aromatic N) is 3. The molecule has 1 aromatic carbocycles. The van der Waals surface area contributed by atoms with E-state index in [1.54, 1.807) is 12.1 Å². The lowest BCUT2D eigenvalue weighted by Gasteiger charge is -2.42. The minimum Gasteiger partial charge on any atom is -0.480 e. The van der Waals surface area contributed by atoms with Crippen molar-refractivity contribution in [2.24, 2.45) is 0 Å². The summed E-state index contributed by atoms with van der Waals surface area (Å²) in [5.74, 6) is -0.797. The lowest BCUT2D eigenvalue weighted by molar-refractivity contribution is -0.139. The molecule has 2 aromatic rings. The molecule has 1 heterocycles. The average Bonchev–Trinajstić information content (AvgIpc) is 3.10. The maximum Gasteiger partial charge on any atom is 0.317 e. The maximum atomic E-state index is 13.3. The quantitative estimate of drug-likeness (QED) is 0.625. The highest BCUT2D eigenvalue weighted by Gasteiger charge is 2.34. The number of likely N-dealkylation sites (N-methyl/N-ethyl adjacent to an activating group) is 1. The fraction of sp³-hybridized carbons (Fsp3) is 0.444. The van der Waals surface area contributed by atoms with Gasteiger partial charge in [0.05, 0.1) is 13.1 Å². The lowest BCUT2D eigenvalue weighted by atomic mass is 9.85. The molecule has 1 fully saturated rings. The summed E-state index contributed by atoms with van der Waals surface area (Å²) in [5, 5.41) is 18.1. The number of urea groups is 1. The zero-order valence-corrected chi connectivity index (χ0v) is 15.4. The summed E-state index contributed by atoms with van der Waals surface area (Å²) >= 11 is 0. The van der Waals surface area contributed by atoms with Crippen LogP contribution in [0.3, 0.4) is 0 Å². The average molecular weight is 391 g/mol. The molecule has 28 heavy (non-hydrogen) atoms. The van der Waals surface area contributed by atoms with Crippen molar-refractivity contribution in [1.82, 2.24) is 25.7 Å². The molecule has 2 amide bonds. The Morgan fingerprint density at radius 3 is 2.86 bits per heavy atom. The molecule has 3 N–H and O–H groups in total. The SMILES string of the molecule is CCN(CC(=O)O)C1CC(NC(=O)NCc2nc(-c3cccc(F)c3)no2)C1. The maximum absolute atomic E-state index is 13.3. The van der Waals surface area contributed by atoms with Crippen LogP contribution < -0.4 is 10.6 Å². The summed E-state index contributed by atoms with van der Waals surface area (Å²) in [7, 11) is 0. The number of hydrogen-bond acceptors (Lipinski definition) is 6. The molecule has 0 unspecified atom stereocenters. The van der Waals surface area contributed by atoms with Gasteiger partial charge in [0.15, 0.2) is 0 Å². The van der Waals surface area contributed by atoms with E-state index in [9.17, 15) is 14.0 Å². The Hall–Kier alpha value is -3.01. The van der Waals surface area contributed by atoms with Crippen molar-refractivity contribution < 1.29 is 23.6 Å². The molecule has 0 bridgehead atoms. The molecule has 1 aliphatic carbocycles. The van der Waals surface area contributed by atoms with Crippen molar-refractivity contribution in [2.75, 3.05) is 13.1 Å². The minimum absolute atomic E-state index is 0.00150. The summed E-state index contributed by atoms with van der Waals surface area (Å²) in [6.07, 6.45) is 1.41. The standard InChI is InChI=1S/C18H22FN5O4/c1-2-24(10-16(25)26)14-7-13(8-14)21-18(27)20-9-15-22-17(23-28-15)11-4-3-5-12(19)6-11/h3-6,13-14H,2,7-10H2,1H3,(H,25,26)(H2,20,21,27). The van der Waals surface area contributed by atoms with Gasteiger partial charge in [0.25, 0.3) is 0 Å². The Kier molecular flexibility index (Phi) is 6.19. The molecular weight excluding hydrogens is 369 g/mol. The summed E-state index contributed by atoms with van der Waals surface area (Å²) in [6, 6.07) is 5.63. The van der Waals surface area contributed by atoms with Crippen molar-refractivity contribution in [1.29, 1.82) is 0 Å². The van der Waals surface area contributed by atoms with Gasteiger partial charge in [0, 0.05) is 17.6 Å². The number of carboxylic acids is 1. The number of carbonyl (C=O) groups is 2.